The second-order valence-electron chi connectivity index (χ2n) is 5.28. The summed E-state index contributed by atoms with van der Waals surface area (Å²) >= 11 is 1.54. The summed E-state index contributed by atoms with van der Waals surface area (Å²) in [7, 11) is 0. The third kappa shape index (κ3) is 5.16. The number of rotatable bonds is 10. The molecule has 1 heterocycles. The molecule has 3 heteroatoms. The maximum Gasteiger partial charge on any atom is 0.120 e. The maximum atomic E-state index is 5.82. The van der Waals surface area contributed by atoms with Crippen molar-refractivity contribution >= 4 is 21.6 Å². The van der Waals surface area contributed by atoms with Gasteiger partial charge in [-0.2, -0.15) is 4.37 Å². The first-order valence-electron chi connectivity index (χ1n) is 7.72. The highest BCUT2D eigenvalue weighted by Gasteiger charge is 2.03. The molecule has 1 aromatic heterocycles. The first-order valence-corrected chi connectivity index (χ1v) is 8.50. The summed E-state index contributed by atoms with van der Waals surface area (Å²) in [6.07, 6.45) is 11.4. The predicted octanol–water partition coefficient (Wildman–Crippen LogP) is 5.71. The summed E-state index contributed by atoms with van der Waals surface area (Å²) < 4.78 is 11.4. The van der Waals surface area contributed by atoms with E-state index in [1.807, 2.05) is 19.1 Å². The number of nitrogens with zero attached hydrogens (tertiary/aromatic N) is 1. The number of hydrogen-bond acceptors (Lipinski definition) is 3. The summed E-state index contributed by atoms with van der Waals surface area (Å²) in [6, 6.07) is 6.26. The number of aromatic nitrogens is 1. The van der Waals surface area contributed by atoms with Gasteiger partial charge in [-0.1, -0.05) is 25.3 Å². The van der Waals surface area contributed by atoms with Crippen LogP contribution in [0.3, 0.4) is 0 Å². The Morgan fingerprint density at radius 2 is 2.10 bits per heavy atom. The first-order chi connectivity index (χ1) is 10.3. The van der Waals surface area contributed by atoms with Crippen molar-refractivity contribution in [2.75, 3.05) is 6.61 Å². The lowest BCUT2D eigenvalue weighted by atomic mass is 10.1. The number of aryl methyl sites for hydroxylation is 1. The van der Waals surface area contributed by atoms with Crippen LogP contribution in [0.5, 0.6) is 5.75 Å². The Bertz CT molecular complexity index is 561. The van der Waals surface area contributed by atoms with Crippen molar-refractivity contribution in [1.29, 1.82) is 0 Å². The van der Waals surface area contributed by atoms with Crippen LogP contribution < -0.4 is 4.74 Å². The highest BCUT2D eigenvalue weighted by atomic mass is 32.1. The molecule has 0 fully saturated rings. The van der Waals surface area contributed by atoms with E-state index >= 15 is 0 Å². The smallest absolute Gasteiger partial charge is 0.120 e. The van der Waals surface area contributed by atoms with E-state index in [9.17, 15) is 0 Å². The molecule has 113 valence electrons. The summed E-state index contributed by atoms with van der Waals surface area (Å²) in [5, 5.41) is 1.24. The SMILES string of the molecule is C=CCC[CH]CCCCCOc1ccc2c(C)nsc2c1. The minimum absolute atomic E-state index is 0.802. The Morgan fingerprint density at radius 1 is 1.19 bits per heavy atom. The van der Waals surface area contributed by atoms with Gasteiger partial charge in [0.15, 0.2) is 0 Å². The molecule has 1 aromatic carbocycles. The van der Waals surface area contributed by atoms with Gasteiger partial charge in [0.05, 0.1) is 17.0 Å². The van der Waals surface area contributed by atoms with Crippen LogP contribution in [0, 0.1) is 13.3 Å². The number of ether oxygens (including phenoxy) is 1. The summed E-state index contributed by atoms with van der Waals surface area (Å²) in [5.41, 5.74) is 1.11. The molecular weight excluding hydrogens is 278 g/mol. The molecule has 21 heavy (non-hydrogen) atoms. The molecule has 1 radical (unpaired) electrons. The molecular formula is C18H24NOS. The van der Waals surface area contributed by atoms with Gasteiger partial charge >= 0.3 is 0 Å². The van der Waals surface area contributed by atoms with Crippen molar-refractivity contribution in [3.63, 3.8) is 0 Å². The average molecular weight is 302 g/mol. The van der Waals surface area contributed by atoms with Crippen LogP contribution in [-0.2, 0) is 0 Å². The molecule has 0 aliphatic rings. The fourth-order valence-corrected chi connectivity index (χ4v) is 3.09. The van der Waals surface area contributed by atoms with Gasteiger partial charge in [0.2, 0.25) is 0 Å². The van der Waals surface area contributed by atoms with E-state index in [0.717, 1.165) is 37.3 Å². The molecule has 0 N–H and O–H groups in total. The maximum absolute atomic E-state index is 5.82. The molecule has 2 nitrogen and oxygen atoms in total. The normalized spacial score (nSPS) is 10.9. The number of hydrogen-bond donors (Lipinski definition) is 0. The molecule has 2 aromatic rings. The molecule has 0 unspecified atom stereocenters. The lowest BCUT2D eigenvalue weighted by Gasteiger charge is -2.06. The molecule has 0 bridgehead atoms. The van der Waals surface area contributed by atoms with Gasteiger partial charge in [-0.25, -0.2) is 0 Å². The van der Waals surface area contributed by atoms with Crippen LogP contribution in [0.4, 0.5) is 0 Å². The largest absolute Gasteiger partial charge is 0.494 e. The van der Waals surface area contributed by atoms with Gasteiger partial charge in [-0.3, -0.25) is 0 Å². The van der Waals surface area contributed by atoms with Crippen molar-refractivity contribution in [3.05, 3.63) is 43.0 Å². The summed E-state index contributed by atoms with van der Waals surface area (Å²) in [5.74, 6) is 0.962. The first kappa shape index (κ1) is 16.0. The second kappa shape index (κ2) is 8.83. The van der Waals surface area contributed by atoms with Gasteiger partial charge in [0, 0.05) is 5.39 Å². The zero-order valence-electron chi connectivity index (χ0n) is 12.8. The van der Waals surface area contributed by atoms with Crippen LogP contribution in [0.1, 0.15) is 44.2 Å². The van der Waals surface area contributed by atoms with Gasteiger partial charge in [-0.15, -0.1) is 6.58 Å². The lowest BCUT2D eigenvalue weighted by Crippen LogP contribution is -1.97. The van der Waals surface area contributed by atoms with E-state index in [-0.39, 0.29) is 0 Å². The van der Waals surface area contributed by atoms with Crippen LogP contribution in [-0.4, -0.2) is 11.0 Å². The number of benzene rings is 1. The topological polar surface area (TPSA) is 22.1 Å². The molecule has 0 aliphatic heterocycles. The Balaban J connectivity index is 1.60. The standard InChI is InChI=1S/C18H24NOS/c1-3-4-5-6-7-8-9-10-13-20-16-11-12-17-15(2)19-21-18(17)14-16/h3,6,11-12,14H,1,4-5,7-10,13H2,2H3. The molecule has 0 spiro atoms. The molecule has 0 amide bonds. The third-order valence-electron chi connectivity index (χ3n) is 3.52. The highest BCUT2D eigenvalue weighted by Crippen LogP contribution is 2.26. The molecule has 0 saturated carbocycles. The number of unbranched alkanes of at least 4 members (excludes halogenated alkanes) is 6. The van der Waals surface area contributed by atoms with Gasteiger partial charge < -0.3 is 4.74 Å². The zero-order valence-corrected chi connectivity index (χ0v) is 13.6. The van der Waals surface area contributed by atoms with Crippen molar-refractivity contribution < 1.29 is 4.74 Å². The van der Waals surface area contributed by atoms with Crippen LogP contribution >= 0.6 is 11.5 Å². The van der Waals surface area contributed by atoms with Crippen LogP contribution in [0.25, 0.3) is 10.1 Å². The molecule has 0 atom stereocenters. The van der Waals surface area contributed by atoms with Gasteiger partial charge in [-0.05, 0) is 62.3 Å². The number of fused-ring (bicyclic) bond motifs is 1. The summed E-state index contributed by atoms with van der Waals surface area (Å²) in [4.78, 5) is 0. The predicted molar refractivity (Wildman–Crippen MR) is 92.1 cm³/mol. The molecule has 0 saturated heterocycles. The Labute approximate surface area is 132 Å². The fourth-order valence-electron chi connectivity index (χ4n) is 2.27. The monoisotopic (exact) mass is 302 g/mol. The van der Waals surface area contributed by atoms with E-state index in [1.165, 1.54) is 29.3 Å². The van der Waals surface area contributed by atoms with Crippen molar-refractivity contribution in [2.45, 2.75) is 45.4 Å². The minimum Gasteiger partial charge on any atom is -0.494 e. The third-order valence-corrected chi connectivity index (χ3v) is 4.42. The van der Waals surface area contributed by atoms with E-state index in [1.54, 1.807) is 11.5 Å². The Morgan fingerprint density at radius 3 is 2.95 bits per heavy atom. The molecule has 2 rings (SSSR count). The van der Waals surface area contributed by atoms with E-state index in [2.05, 4.69) is 29.5 Å². The van der Waals surface area contributed by atoms with Crippen molar-refractivity contribution in [1.82, 2.24) is 4.37 Å². The van der Waals surface area contributed by atoms with Crippen molar-refractivity contribution in [3.8, 4) is 5.75 Å². The summed E-state index contributed by atoms with van der Waals surface area (Å²) in [6.45, 7) is 6.58. The van der Waals surface area contributed by atoms with Gasteiger partial charge in [0.25, 0.3) is 0 Å². The molecule has 0 aliphatic carbocycles. The quantitative estimate of drug-likeness (QED) is 0.414. The number of allylic oxidation sites excluding steroid dienone is 1. The van der Waals surface area contributed by atoms with Crippen molar-refractivity contribution in [2.24, 2.45) is 0 Å². The lowest BCUT2D eigenvalue weighted by molar-refractivity contribution is 0.305. The average Bonchev–Trinajstić information content (AvgIpc) is 2.86. The Kier molecular flexibility index (Phi) is 6.74. The zero-order chi connectivity index (χ0) is 14.9. The van der Waals surface area contributed by atoms with E-state index < -0.39 is 0 Å². The highest BCUT2D eigenvalue weighted by molar-refractivity contribution is 7.13. The van der Waals surface area contributed by atoms with Crippen LogP contribution in [0.15, 0.2) is 30.9 Å². The second-order valence-corrected chi connectivity index (χ2v) is 6.08. The van der Waals surface area contributed by atoms with Crippen LogP contribution in [0.2, 0.25) is 0 Å². The van der Waals surface area contributed by atoms with E-state index in [0.29, 0.717) is 0 Å². The van der Waals surface area contributed by atoms with Gasteiger partial charge in [0.1, 0.15) is 5.75 Å². The fraction of sp³-hybridized carbons (Fsp3) is 0.444. The van der Waals surface area contributed by atoms with E-state index in [4.69, 9.17) is 4.74 Å². The Hall–Kier alpha value is -1.35. The minimum atomic E-state index is 0.802.